The number of ether oxygens (including phenoxy) is 2. The third kappa shape index (κ3) is 4.57. The van der Waals surface area contributed by atoms with Gasteiger partial charge in [0.05, 0.1) is 14.2 Å². The molecule has 8 heteroatoms. The first-order chi connectivity index (χ1) is 13.0. The second-order valence-corrected chi connectivity index (χ2v) is 7.49. The highest BCUT2D eigenvalue weighted by atomic mass is 32.1. The highest BCUT2D eigenvalue weighted by Gasteiger charge is 2.22. The van der Waals surface area contributed by atoms with E-state index in [0.29, 0.717) is 5.92 Å². The molecule has 2 aromatic heterocycles. The summed E-state index contributed by atoms with van der Waals surface area (Å²) < 4.78 is 17.3. The molecule has 2 heterocycles. The Morgan fingerprint density at radius 3 is 2.41 bits per heavy atom. The Kier molecular flexibility index (Phi) is 5.95. The van der Waals surface area contributed by atoms with Crippen LogP contribution in [0.4, 0.5) is 5.13 Å². The molecular formula is C19H25N5O2S. The molecule has 0 saturated heterocycles. The van der Waals surface area contributed by atoms with Gasteiger partial charge in [0.15, 0.2) is 0 Å². The van der Waals surface area contributed by atoms with Gasteiger partial charge in [0, 0.05) is 43.5 Å². The van der Waals surface area contributed by atoms with Gasteiger partial charge in [-0.2, -0.15) is 4.37 Å². The summed E-state index contributed by atoms with van der Waals surface area (Å²) in [7, 11) is 5.26. The van der Waals surface area contributed by atoms with Crippen molar-refractivity contribution in [1.82, 2.24) is 18.9 Å². The van der Waals surface area contributed by atoms with Crippen molar-refractivity contribution in [3.8, 4) is 11.5 Å². The molecule has 0 saturated carbocycles. The Hall–Kier alpha value is -2.61. The maximum Gasteiger partial charge on any atom is 0.203 e. The molecule has 3 aromatic rings. The lowest BCUT2D eigenvalue weighted by Crippen LogP contribution is -2.17. The summed E-state index contributed by atoms with van der Waals surface area (Å²) in [5.74, 6) is 3.69. The van der Waals surface area contributed by atoms with E-state index in [2.05, 4.69) is 33.5 Å². The van der Waals surface area contributed by atoms with Gasteiger partial charge in [0.25, 0.3) is 0 Å². The third-order valence-electron chi connectivity index (χ3n) is 4.15. The molecule has 144 valence electrons. The minimum absolute atomic E-state index is 0.214. The number of aryl methyl sites for hydroxylation is 1. The highest BCUT2D eigenvalue weighted by Crippen LogP contribution is 2.32. The average molecular weight is 388 g/mol. The summed E-state index contributed by atoms with van der Waals surface area (Å²) in [6, 6.07) is 5.59. The SMILES string of the molecule is COc1cc(OC)cc([C@H](Nc2nc(CC(C)C)ns2)c2nccn2C)c1. The first-order valence-electron chi connectivity index (χ1n) is 8.79. The molecule has 0 unspecified atom stereocenters. The average Bonchev–Trinajstić information content (AvgIpc) is 3.27. The molecule has 0 amide bonds. The second-order valence-electron chi connectivity index (χ2n) is 6.73. The Morgan fingerprint density at radius 2 is 1.85 bits per heavy atom. The molecule has 3 rings (SSSR count). The van der Waals surface area contributed by atoms with Crippen LogP contribution in [0.5, 0.6) is 11.5 Å². The van der Waals surface area contributed by atoms with Crippen LogP contribution in [0.2, 0.25) is 0 Å². The Morgan fingerprint density at radius 1 is 1.15 bits per heavy atom. The van der Waals surface area contributed by atoms with E-state index in [4.69, 9.17) is 9.47 Å². The van der Waals surface area contributed by atoms with Gasteiger partial charge in [-0.05, 0) is 23.6 Å². The molecule has 0 radical (unpaired) electrons. The van der Waals surface area contributed by atoms with Crippen molar-refractivity contribution < 1.29 is 9.47 Å². The fourth-order valence-corrected chi connectivity index (χ4v) is 3.46. The van der Waals surface area contributed by atoms with E-state index in [1.807, 2.05) is 36.0 Å². The topological polar surface area (TPSA) is 74.1 Å². The Bertz CT molecular complexity index is 868. The number of hydrogen-bond acceptors (Lipinski definition) is 7. The van der Waals surface area contributed by atoms with Crippen LogP contribution in [0.15, 0.2) is 30.6 Å². The molecule has 0 fully saturated rings. The highest BCUT2D eigenvalue weighted by molar-refractivity contribution is 7.09. The van der Waals surface area contributed by atoms with Crippen LogP contribution in [-0.4, -0.2) is 33.1 Å². The van der Waals surface area contributed by atoms with E-state index in [0.717, 1.165) is 40.3 Å². The number of imidazole rings is 1. The smallest absolute Gasteiger partial charge is 0.203 e. The van der Waals surface area contributed by atoms with Gasteiger partial charge in [-0.15, -0.1) is 0 Å². The first-order valence-corrected chi connectivity index (χ1v) is 9.56. The lowest BCUT2D eigenvalue weighted by Gasteiger charge is -2.20. The van der Waals surface area contributed by atoms with Crippen molar-refractivity contribution in [2.45, 2.75) is 26.3 Å². The standard InChI is InChI=1S/C19H25N5O2S/c1-12(2)8-16-21-19(27-23-16)22-17(18-20-6-7-24(18)3)13-9-14(25-4)11-15(10-13)26-5/h6-7,9-12,17H,8H2,1-5H3,(H,21,22,23)/t17-/m0/s1. The predicted molar refractivity (Wildman–Crippen MR) is 107 cm³/mol. The zero-order valence-electron chi connectivity index (χ0n) is 16.3. The number of nitrogens with one attached hydrogen (secondary N) is 1. The number of nitrogens with zero attached hydrogens (tertiary/aromatic N) is 4. The summed E-state index contributed by atoms with van der Waals surface area (Å²) >= 11 is 1.37. The van der Waals surface area contributed by atoms with Gasteiger partial charge in [0.1, 0.15) is 29.2 Å². The van der Waals surface area contributed by atoms with Crippen molar-refractivity contribution in [2.24, 2.45) is 13.0 Å². The van der Waals surface area contributed by atoms with E-state index >= 15 is 0 Å². The van der Waals surface area contributed by atoms with E-state index in [1.165, 1.54) is 11.5 Å². The van der Waals surface area contributed by atoms with Gasteiger partial charge in [0.2, 0.25) is 5.13 Å². The predicted octanol–water partition coefficient (Wildman–Crippen LogP) is 3.69. The quantitative estimate of drug-likeness (QED) is 0.635. The van der Waals surface area contributed by atoms with Gasteiger partial charge in [-0.1, -0.05) is 13.8 Å². The number of aromatic nitrogens is 4. The zero-order valence-corrected chi connectivity index (χ0v) is 17.1. The summed E-state index contributed by atoms with van der Waals surface area (Å²) in [6.07, 6.45) is 4.57. The minimum atomic E-state index is -0.214. The molecule has 0 aliphatic rings. The van der Waals surface area contributed by atoms with Crippen molar-refractivity contribution in [3.05, 3.63) is 47.8 Å². The van der Waals surface area contributed by atoms with Gasteiger partial charge < -0.3 is 19.4 Å². The molecule has 1 atom stereocenters. The van der Waals surface area contributed by atoms with Gasteiger partial charge >= 0.3 is 0 Å². The van der Waals surface area contributed by atoms with Crippen LogP contribution in [0.1, 0.15) is 37.1 Å². The Labute approximate surface area is 163 Å². The summed E-state index contributed by atoms with van der Waals surface area (Å²) in [5, 5.41) is 4.25. The summed E-state index contributed by atoms with van der Waals surface area (Å²) in [5.41, 5.74) is 0.973. The van der Waals surface area contributed by atoms with Crippen molar-refractivity contribution >= 4 is 16.7 Å². The van der Waals surface area contributed by atoms with Crippen LogP contribution in [0.3, 0.4) is 0 Å². The largest absolute Gasteiger partial charge is 0.497 e. The summed E-state index contributed by atoms with van der Waals surface area (Å²) in [4.78, 5) is 9.17. The lowest BCUT2D eigenvalue weighted by atomic mass is 10.1. The normalized spacial score (nSPS) is 12.2. The van der Waals surface area contributed by atoms with E-state index < -0.39 is 0 Å². The van der Waals surface area contributed by atoms with Crippen LogP contribution in [0, 0.1) is 5.92 Å². The molecule has 0 bridgehead atoms. The minimum Gasteiger partial charge on any atom is -0.497 e. The maximum atomic E-state index is 5.43. The number of anilines is 1. The van der Waals surface area contributed by atoms with Gasteiger partial charge in [-0.3, -0.25) is 0 Å². The molecule has 1 N–H and O–H groups in total. The van der Waals surface area contributed by atoms with Crippen LogP contribution < -0.4 is 14.8 Å². The number of hydrogen-bond donors (Lipinski definition) is 1. The van der Waals surface area contributed by atoms with Crippen LogP contribution >= 0.6 is 11.5 Å². The molecule has 0 aliphatic heterocycles. The molecule has 27 heavy (non-hydrogen) atoms. The molecule has 7 nitrogen and oxygen atoms in total. The molecular weight excluding hydrogens is 362 g/mol. The Balaban J connectivity index is 1.98. The monoisotopic (exact) mass is 387 g/mol. The molecule has 0 aliphatic carbocycles. The molecule has 1 aromatic carbocycles. The van der Waals surface area contributed by atoms with E-state index in [-0.39, 0.29) is 6.04 Å². The second kappa shape index (κ2) is 8.39. The fourth-order valence-electron chi connectivity index (χ4n) is 2.83. The fraction of sp³-hybridized carbons (Fsp3) is 0.421. The zero-order chi connectivity index (χ0) is 19.4. The van der Waals surface area contributed by atoms with Crippen molar-refractivity contribution in [1.29, 1.82) is 0 Å². The lowest BCUT2D eigenvalue weighted by molar-refractivity contribution is 0.393. The van der Waals surface area contributed by atoms with Crippen LogP contribution in [-0.2, 0) is 13.5 Å². The number of methoxy groups -OCH3 is 2. The molecule has 0 spiro atoms. The number of rotatable bonds is 8. The van der Waals surface area contributed by atoms with Gasteiger partial charge in [-0.25, -0.2) is 9.97 Å². The maximum absolute atomic E-state index is 5.43. The summed E-state index contributed by atoms with van der Waals surface area (Å²) in [6.45, 7) is 4.32. The van der Waals surface area contributed by atoms with E-state index in [1.54, 1.807) is 20.4 Å². The van der Waals surface area contributed by atoms with Crippen molar-refractivity contribution in [2.75, 3.05) is 19.5 Å². The van der Waals surface area contributed by atoms with E-state index in [9.17, 15) is 0 Å². The van der Waals surface area contributed by atoms with Crippen molar-refractivity contribution in [3.63, 3.8) is 0 Å². The third-order valence-corrected chi connectivity index (χ3v) is 4.83. The van der Waals surface area contributed by atoms with Crippen LogP contribution in [0.25, 0.3) is 0 Å². The first kappa shape index (κ1) is 19.2. The number of benzene rings is 1.